The summed E-state index contributed by atoms with van der Waals surface area (Å²) in [6.07, 6.45) is 3.89. The molecule has 2 N–H and O–H groups in total. The minimum absolute atomic E-state index is 0.139. The zero-order chi connectivity index (χ0) is 16.1. The molecule has 0 spiro atoms. The summed E-state index contributed by atoms with van der Waals surface area (Å²) in [6.45, 7) is 1.81. The molecule has 0 fully saturated rings. The molecule has 0 bridgehead atoms. The number of thiophene rings is 1. The maximum Gasteiger partial charge on any atom is 0.326 e. The number of carboxylic acids is 1. The number of halogens is 1. The number of carbonyl (C=O) groups excluding carboxylic acids is 1. The van der Waals surface area contributed by atoms with E-state index in [1.807, 2.05) is 30.5 Å². The van der Waals surface area contributed by atoms with Gasteiger partial charge in [0.1, 0.15) is 6.04 Å². The number of rotatable bonds is 6. The molecule has 0 aliphatic rings. The molecule has 0 aliphatic heterocycles. The number of amides is 1. The van der Waals surface area contributed by atoms with Crippen molar-refractivity contribution in [1.29, 1.82) is 0 Å². The molecule has 22 heavy (non-hydrogen) atoms. The second-order valence-corrected chi connectivity index (χ2v) is 6.19. The molecule has 4 nitrogen and oxygen atoms in total. The molecule has 6 heteroatoms. The first-order valence-corrected chi connectivity index (χ1v) is 8.06. The van der Waals surface area contributed by atoms with Crippen molar-refractivity contribution in [2.75, 3.05) is 0 Å². The maximum atomic E-state index is 12.1. The Morgan fingerprint density at radius 1 is 1.45 bits per heavy atom. The number of carboxylic acid groups (broad SMARTS) is 1. The molecular formula is C16H16ClNO3S. The van der Waals surface area contributed by atoms with Gasteiger partial charge in [0.25, 0.3) is 0 Å². The van der Waals surface area contributed by atoms with Gasteiger partial charge in [0.05, 0.1) is 6.42 Å². The first kappa shape index (κ1) is 16.5. The standard InChI is InChI=1S/C16H16ClNO3S/c1-2-3-4-13(16(20)21)18-15(19)7-10-9-22-14-6-5-11(17)8-12(10)14/h2-3,5-6,8-9,13H,4,7H2,1H3,(H,18,19)(H,20,21)/b3-2+. The van der Waals surface area contributed by atoms with Crippen molar-refractivity contribution in [2.45, 2.75) is 25.8 Å². The third kappa shape index (κ3) is 4.08. The normalized spacial score (nSPS) is 12.6. The van der Waals surface area contributed by atoms with Crippen LogP contribution in [0.25, 0.3) is 10.1 Å². The number of carbonyl (C=O) groups is 2. The molecule has 1 aromatic carbocycles. The number of nitrogens with one attached hydrogen (secondary N) is 1. The largest absolute Gasteiger partial charge is 0.480 e. The number of hydrogen-bond acceptors (Lipinski definition) is 3. The molecule has 1 heterocycles. The van der Waals surface area contributed by atoms with Crippen LogP contribution in [-0.4, -0.2) is 23.0 Å². The van der Waals surface area contributed by atoms with Crippen LogP contribution in [0.4, 0.5) is 0 Å². The van der Waals surface area contributed by atoms with Crippen molar-refractivity contribution in [1.82, 2.24) is 5.32 Å². The quantitative estimate of drug-likeness (QED) is 0.791. The number of aliphatic carboxylic acids is 1. The molecule has 2 aromatic rings. The Morgan fingerprint density at radius 2 is 2.23 bits per heavy atom. The summed E-state index contributed by atoms with van der Waals surface area (Å²) in [5.41, 5.74) is 0.857. The average molecular weight is 338 g/mol. The van der Waals surface area contributed by atoms with E-state index in [1.165, 1.54) is 11.3 Å². The van der Waals surface area contributed by atoms with E-state index >= 15 is 0 Å². The first-order chi connectivity index (χ1) is 10.5. The summed E-state index contributed by atoms with van der Waals surface area (Å²) < 4.78 is 1.05. The summed E-state index contributed by atoms with van der Waals surface area (Å²) in [4.78, 5) is 23.2. The molecule has 0 saturated heterocycles. The highest BCUT2D eigenvalue weighted by atomic mass is 35.5. The lowest BCUT2D eigenvalue weighted by Crippen LogP contribution is -2.41. The van der Waals surface area contributed by atoms with Gasteiger partial charge in [-0.3, -0.25) is 4.79 Å². The van der Waals surface area contributed by atoms with Crippen LogP contribution in [0.2, 0.25) is 5.02 Å². The Morgan fingerprint density at radius 3 is 2.91 bits per heavy atom. The predicted octanol–water partition coefficient (Wildman–Crippen LogP) is 3.63. The zero-order valence-corrected chi connectivity index (χ0v) is 13.6. The van der Waals surface area contributed by atoms with Gasteiger partial charge in [-0.2, -0.15) is 0 Å². The van der Waals surface area contributed by atoms with Crippen LogP contribution in [0.1, 0.15) is 18.9 Å². The molecule has 0 radical (unpaired) electrons. The minimum Gasteiger partial charge on any atom is -0.480 e. The molecule has 1 aromatic heterocycles. The highest BCUT2D eigenvalue weighted by molar-refractivity contribution is 7.17. The lowest BCUT2D eigenvalue weighted by atomic mass is 10.1. The summed E-state index contributed by atoms with van der Waals surface area (Å²) >= 11 is 7.52. The van der Waals surface area contributed by atoms with Gasteiger partial charge in [-0.1, -0.05) is 23.8 Å². The Kier molecular flexibility index (Phi) is 5.57. The monoisotopic (exact) mass is 337 g/mol. The van der Waals surface area contributed by atoms with Crippen LogP contribution < -0.4 is 5.32 Å². The Bertz CT molecular complexity index is 723. The molecule has 1 unspecified atom stereocenters. The van der Waals surface area contributed by atoms with Crippen molar-refractivity contribution < 1.29 is 14.7 Å². The Balaban J connectivity index is 2.09. The molecule has 116 valence electrons. The Hall–Kier alpha value is -1.85. The molecular weight excluding hydrogens is 322 g/mol. The fourth-order valence-corrected chi connectivity index (χ4v) is 3.22. The van der Waals surface area contributed by atoms with Crippen LogP contribution in [0, 0.1) is 0 Å². The van der Waals surface area contributed by atoms with Crippen molar-refractivity contribution >= 4 is 44.9 Å². The second-order valence-electron chi connectivity index (χ2n) is 4.84. The van der Waals surface area contributed by atoms with Gasteiger partial charge in [-0.05, 0) is 47.9 Å². The topological polar surface area (TPSA) is 66.4 Å². The second kappa shape index (κ2) is 7.42. The van der Waals surface area contributed by atoms with E-state index in [2.05, 4.69) is 5.32 Å². The zero-order valence-electron chi connectivity index (χ0n) is 12.0. The summed E-state index contributed by atoms with van der Waals surface area (Å²) in [5.74, 6) is -1.35. The fraction of sp³-hybridized carbons (Fsp3) is 0.250. The van der Waals surface area contributed by atoms with Crippen LogP contribution in [0.3, 0.4) is 0 Å². The highest BCUT2D eigenvalue weighted by Crippen LogP contribution is 2.28. The molecule has 1 amide bonds. The van der Waals surface area contributed by atoms with Gasteiger partial charge >= 0.3 is 5.97 Å². The number of hydrogen-bond donors (Lipinski definition) is 2. The maximum absolute atomic E-state index is 12.1. The SMILES string of the molecule is C/C=C/CC(NC(=O)Cc1csc2ccc(Cl)cc12)C(=O)O. The smallest absolute Gasteiger partial charge is 0.326 e. The van der Waals surface area contributed by atoms with Crippen LogP contribution in [-0.2, 0) is 16.0 Å². The number of allylic oxidation sites excluding steroid dienone is 1. The minimum atomic E-state index is -1.04. The van der Waals surface area contributed by atoms with Gasteiger partial charge in [-0.15, -0.1) is 11.3 Å². The predicted molar refractivity (Wildman–Crippen MR) is 89.5 cm³/mol. The fourth-order valence-electron chi connectivity index (χ4n) is 2.10. The van der Waals surface area contributed by atoms with Crippen molar-refractivity contribution in [3.05, 3.63) is 46.3 Å². The summed E-state index contributed by atoms with van der Waals surface area (Å²) in [5, 5.41) is 15.1. The van der Waals surface area contributed by atoms with E-state index in [-0.39, 0.29) is 18.7 Å². The lowest BCUT2D eigenvalue weighted by molar-refractivity contribution is -0.141. The third-order valence-electron chi connectivity index (χ3n) is 3.21. The van der Waals surface area contributed by atoms with Gasteiger partial charge < -0.3 is 10.4 Å². The van der Waals surface area contributed by atoms with E-state index in [0.717, 1.165) is 15.6 Å². The van der Waals surface area contributed by atoms with Crippen LogP contribution >= 0.6 is 22.9 Å². The van der Waals surface area contributed by atoms with Crippen molar-refractivity contribution in [3.8, 4) is 0 Å². The van der Waals surface area contributed by atoms with E-state index in [0.29, 0.717) is 5.02 Å². The van der Waals surface area contributed by atoms with E-state index in [4.69, 9.17) is 16.7 Å². The van der Waals surface area contributed by atoms with E-state index < -0.39 is 12.0 Å². The molecule has 2 rings (SSSR count). The van der Waals surface area contributed by atoms with Crippen molar-refractivity contribution in [3.63, 3.8) is 0 Å². The number of fused-ring (bicyclic) bond motifs is 1. The van der Waals surface area contributed by atoms with Crippen LogP contribution in [0.15, 0.2) is 35.7 Å². The number of benzene rings is 1. The highest BCUT2D eigenvalue weighted by Gasteiger charge is 2.19. The molecule has 0 aliphatic carbocycles. The Labute approximate surface area is 137 Å². The third-order valence-corrected chi connectivity index (χ3v) is 4.45. The van der Waals surface area contributed by atoms with E-state index in [1.54, 1.807) is 12.2 Å². The van der Waals surface area contributed by atoms with Crippen molar-refractivity contribution in [2.24, 2.45) is 0 Å². The molecule has 1 atom stereocenters. The van der Waals surface area contributed by atoms with Gasteiger partial charge in [0.2, 0.25) is 5.91 Å². The summed E-state index contributed by atoms with van der Waals surface area (Å²) in [7, 11) is 0. The molecule has 0 saturated carbocycles. The van der Waals surface area contributed by atoms with Crippen LogP contribution in [0.5, 0.6) is 0 Å². The lowest BCUT2D eigenvalue weighted by Gasteiger charge is -2.12. The van der Waals surface area contributed by atoms with Gasteiger partial charge in [0.15, 0.2) is 0 Å². The van der Waals surface area contributed by atoms with Gasteiger partial charge in [0, 0.05) is 9.72 Å². The average Bonchev–Trinajstić information content (AvgIpc) is 2.85. The summed E-state index contributed by atoms with van der Waals surface area (Å²) in [6, 6.07) is 4.64. The first-order valence-electron chi connectivity index (χ1n) is 6.80. The van der Waals surface area contributed by atoms with E-state index in [9.17, 15) is 9.59 Å². The van der Waals surface area contributed by atoms with Gasteiger partial charge in [-0.25, -0.2) is 4.79 Å².